The van der Waals surface area contributed by atoms with Gasteiger partial charge in [-0.05, 0) is 35.9 Å². The van der Waals surface area contributed by atoms with Gasteiger partial charge in [-0.15, -0.1) is 0 Å². The highest BCUT2D eigenvalue weighted by Crippen LogP contribution is 2.28. The van der Waals surface area contributed by atoms with E-state index in [1.807, 2.05) is 0 Å². The van der Waals surface area contributed by atoms with Crippen molar-refractivity contribution >= 4 is 46.8 Å². The summed E-state index contributed by atoms with van der Waals surface area (Å²) in [6.07, 6.45) is 0. The number of nitrogens with one attached hydrogen (secondary N) is 4. The fourth-order valence-electron chi connectivity index (χ4n) is 4.05. The maximum absolute atomic E-state index is 13.3. The molecule has 1 saturated heterocycles. The molecule has 0 aromatic heterocycles. The Labute approximate surface area is 210 Å². The number of rotatable bonds is 8. The van der Waals surface area contributed by atoms with E-state index in [0.29, 0.717) is 30.9 Å². The van der Waals surface area contributed by atoms with Crippen molar-refractivity contribution in [2.24, 2.45) is 10.7 Å². The van der Waals surface area contributed by atoms with Crippen LogP contribution in [0.4, 0.5) is 14.9 Å². The van der Waals surface area contributed by atoms with Gasteiger partial charge in [0.05, 0.1) is 17.3 Å². The lowest BCUT2D eigenvalue weighted by Gasteiger charge is -2.28. The number of halogens is 2. The van der Waals surface area contributed by atoms with Gasteiger partial charge in [-0.3, -0.25) is 24.7 Å². The van der Waals surface area contributed by atoms with Crippen LogP contribution in [0.25, 0.3) is 0 Å². The first-order valence-corrected chi connectivity index (χ1v) is 11.4. The van der Waals surface area contributed by atoms with E-state index in [0.717, 1.165) is 12.1 Å². The molecule has 1 unspecified atom stereocenters. The Bertz CT molecular complexity index is 1250. The SMILES string of the molecule is NC(=O)C1(c2ccc(NC(=O)c3ccc(F)cc3Cl)cc2)NCN=C1C(=O)NCCN1CCNC1=O. The first kappa shape index (κ1) is 25.1. The summed E-state index contributed by atoms with van der Waals surface area (Å²) < 4.78 is 13.3. The van der Waals surface area contributed by atoms with Crippen LogP contribution in [0.2, 0.25) is 5.02 Å². The Kier molecular flexibility index (Phi) is 7.17. The van der Waals surface area contributed by atoms with E-state index >= 15 is 0 Å². The van der Waals surface area contributed by atoms with Crippen LogP contribution in [0.1, 0.15) is 15.9 Å². The highest BCUT2D eigenvalue weighted by atomic mass is 35.5. The molecule has 2 aliphatic rings. The summed E-state index contributed by atoms with van der Waals surface area (Å²) in [5, 5.41) is 10.9. The number of nitrogens with zero attached hydrogens (tertiary/aromatic N) is 2. The number of benzene rings is 2. The van der Waals surface area contributed by atoms with Gasteiger partial charge in [0.1, 0.15) is 11.5 Å². The predicted octanol–water partition coefficient (Wildman–Crippen LogP) is 0.555. The van der Waals surface area contributed by atoms with Crippen molar-refractivity contribution in [3.05, 3.63) is 64.4 Å². The normalized spacial score (nSPS) is 19.0. The van der Waals surface area contributed by atoms with E-state index in [2.05, 4.69) is 26.3 Å². The molecule has 13 heteroatoms. The zero-order valence-electron chi connectivity index (χ0n) is 18.9. The zero-order chi connectivity index (χ0) is 25.9. The smallest absolute Gasteiger partial charge is 0.317 e. The second-order valence-corrected chi connectivity index (χ2v) is 8.49. The molecule has 1 fully saturated rings. The Morgan fingerprint density at radius 3 is 2.56 bits per heavy atom. The second-order valence-electron chi connectivity index (χ2n) is 8.09. The van der Waals surface area contributed by atoms with E-state index < -0.39 is 29.1 Å². The largest absolute Gasteiger partial charge is 0.367 e. The van der Waals surface area contributed by atoms with Crippen LogP contribution >= 0.6 is 11.6 Å². The molecule has 11 nitrogen and oxygen atoms in total. The molecule has 2 heterocycles. The van der Waals surface area contributed by atoms with Crippen molar-refractivity contribution in [3.8, 4) is 0 Å². The fourth-order valence-corrected chi connectivity index (χ4v) is 4.31. The molecule has 0 spiro atoms. The van der Waals surface area contributed by atoms with Gasteiger partial charge in [0.25, 0.3) is 11.8 Å². The third kappa shape index (κ3) is 4.86. The minimum atomic E-state index is -1.68. The van der Waals surface area contributed by atoms with E-state index in [1.54, 1.807) is 4.90 Å². The maximum atomic E-state index is 13.3. The van der Waals surface area contributed by atoms with Crippen LogP contribution < -0.4 is 27.0 Å². The molecule has 2 aliphatic heterocycles. The Hall–Kier alpha value is -4.03. The van der Waals surface area contributed by atoms with Crippen LogP contribution in [0, 0.1) is 5.82 Å². The summed E-state index contributed by atoms with van der Waals surface area (Å²) in [4.78, 5) is 55.4. The molecule has 2 aromatic rings. The van der Waals surface area contributed by atoms with Crippen LogP contribution in [-0.2, 0) is 15.1 Å². The van der Waals surface area contributed by atoms with Crippen molar-refractivity contribution in [2.75, 3.05) is 38.2 Å². The summed E-state index contributed by atoms with van der Waals surface area (Å²) in [6, 6.07) is 9.33. The molecule has 188 valence electrons. The van der Waals surface area contributed by atoms with Crippen molar-refractivity contribution in [1.82, 2.24) is 20.9 Å². The number of carbonyl (C=O) groups excluding carboxylic acids is 4. The van der Waals surface area contributed by atoms with Crippen molar-refractivity contribution in [2.45, 2.75) is 5.54 Å². The third-order valence-corrected chi connectivity index (χ3v) is 6.20. The van der Waals surface area contributed by atoms with Crippen LogP contribution in [0.5, 0.6) is 0 Å². The molecule has 1 atom stereocenters. The van der Waals surface area contributed by atoms with Gasteiger partial charge < -0.3 is 26.6 Å². The number of amides is 5. The quantitative estimate of drug-likeness (QED) is 0.347. The molecule has 36 heavy (non-hydrogen) atoms. The van der Waals surface area contributed by atoms with Crippen molar-refractivity contribution < 1.29 is 23.6 Å². The van der Waals surface area contributed by atoms with Gasteiger partial charge in [-0.25, -0.2) is 9.18 Å². The van der Waals surface area contributed by atoms with E-state index in [1.165, 1.54) is 30.3 Å². The Morgan fingerprint density at radius 1 is 1.17 bits per heavy atom. The summed E-state index contributed by atoms with van der Waals surface area (Å²) in [5.74, 6) is -2.54. The monoisotopic (exact) mass is 515 g/mol. The number of hydrogen-bond acceptors (Lipinski definition) is 6. The number of primary amides is 1. The summed E-state index contributed by atoms with van der Waals surface area (Å²) in [5.41, 5.74) is 4.74. The molecule has 0 aliphatic carbocycles. The minimum absolute atomic E-state index is 0.0121. The van der Waals surface area contributed by atoms with Crippen LogP contribution in [0.3, 0.4) is 0 Å². The highest BCUT2D eigenvalue weighted by Gasteiger charge is 2.49. The van der Waals surface area contributed by atoms with Gasteiger partial charge >= 0.3 is 6.03 Å². The number of urea groups is 1. The van der Waals surface area contributed by atoms with Crippen LogP contribution in [-0.4, -0.2) is 67.2 Å². The summed E-state index contributed by atoms with van der Waals surface area (Å²) in [6.45, 7) is 1.54. The van der Waals surface area contributed by atoms with Crippen LogP contribution in [0.15, 0.2) is 47.5 Å². The fraction of sp³-hybridized carbons (Fsp3) is 0.261. The topological polar surface area (TPSA) is 158 Å². The number of carbonyl (C=O) groups is 4. The Balaban J connectivity index is 1.47. The lowest BCUT2D eigenvalue weighted by Crippen LogP contribution is -2.58. The lowest BCUT2D eigenvalue weighted by atomic mass is 9.84. The van der Waals surface area contributed by atoms with Crippen molar-refractivity contribution in [1.29, 1.82) is 0 Å². The lowest BCUT2D eigenvalue weighted by molar-refractivity contribution is -0.123. The minimum Gasteiger partial charge on any atom is -0.367 e. The molecule has 0 bridgehead atoms. The molecule has 6 N–H and O–H groups in total. The van der Waals surface area contributed by atoms with Gasteiger partial charge in [0, 0.05) is 31.9 Å². The average molecular weight is 516 g/mol. The summed E-state index contributed by atoms with van der Waals surface area (Å²) >= 11 is 5.95. The molecule has 2 aromatic carbocycles. The van der Waals surface area contributed by atoms with Gasteiger partial charge in [0.2, 0.25) is 5.91 Å². The van der Waals surface area contributed by atoms with E-state index in [4.69, 9.17) is 17.3 Å². The van der Waals surface area contributed by atoms with Gasteiger partial charge in [-0.1, -0.05) is 23.7 Å². The standard InChI is InChI=1S/C23H23ClFN7O4/c24-17-11-14(25)3-6-16(17)19(33)31-15-4-1-13(2-5-15)23(21(26)35)18(29-12-30-23)20(34)27-7-9-32-10-8-28-22(32)36/h1-6,11,30H,7-10,12H2,(H2,26,35)(H,27,34)(H,28,36)(H,31,33). The molecule has 5 amide bonds. The third-order valence-electron chi connectivity index (χ3n) is 5.89. The van der Waals surface area contributed by atoms with E-state index in [-0.39, 0.29) is 35.5 Å². The molecule has 4 rings (SSSR count). The van der Waals surface area contributed by atoms with Gasteiger partial charge in [0.15, 0.2) is 5.54 Å². The number of anilines is 1. The zero-order valence-corrected chi connectivity index (χ0v) is 19.7. The van der Waals surface area contributed by atoms with Gasteiger partial charge in [-0.2, -0.15) is 0 Å². The number of nitrogens with two attached hydrogens (primary N) is 1. The van der Waals surface area contributed by atoms with E-state index in [9.17, 15) is 23.6 Å². The maximum Gasteiger partial charge on any atom is 0.317 e. The predicted molar refractivity (Wildman–Crippen MR) is 130 cm³/mol. The molecule has 0 saturated carbocycles. The second kappa shape index (κ2) is 10.3. The van der Waals surface area contributed by atoms with Crippen molar-refractivity contribution in [3.63, 3.8) is 0 Å². The average Bonchev–Trinajstić information content (AvgIpc) is 3.46. The number of hydrogen-bond donors (Lipinski definition) is 5. The summed E-state index contributed by atoms with van der Waals surface area (Å²) in [7, 11) is 0. The molecular weight excluding hydrogens is 493 g/mol. The molecular formula is C23H23ClFN7O4. The highest BCUT2D eigenvalue weighted by molar-refractivity contribution is 6.47. The number of aliphatic imine (C=N–C) groups is 1. The molecule has 0 radical (unpaired) electrons. The Morgan fingerprint density at radius 2 is 1.92 bits per heavy atom. The first-order chi connectivity index (χ1) is 17.2. The first-order valence-electron chi connectivity index (χ1n) is 11.0.